The average molecular weight is 361 g/mol. The second kappa shape index (κ2) is 6.92. The summed E-state index contributed by atoms with van der Waals surface area (Å²) >= 11 is 0. The maximum atomic E-state index is 14.0. The number of rotatable bonds is 5. The summed E-state index contributed by atoms with van der Waals surface area (Å²) in [5, 5.41) is 18.7. The number of nitrogens with zero attached hydrogens (tertiary/aromatic N) is 3. The van der Waals surface area contributed by atoms with Crippen molar-refractivity contribution < 1.29 is 18.3 Å². The van der Waals surface area contributed by atoms with E-state index in [1.807, 2.05) is 6.92 Å². The van der Waals surface area contributed by atoms with E-state index in [1.165, 1.54) is 31.3 Å². The fourth-order valence-electron chi connectivity index (χ4n) is 2.79. The molecule has 0 aliphatic carbocycles. The summed E-state index contributed by atoms with van der Waals surface area (Å²) < 4.78 is 41.3. The number of benzene rings is 2. The van der Waals surface area contributed by atoms with E-state index in [4.69, 9.17) is 0 Å². The number of hydrogen-bond donors (Lipinski definition) is 1. The lowest BCUT2D eigenvalue weighted by molar-refractivity contribution is 0.00765. The molecule has 7 heteroatoms. The van der Waals surface area contributed by atoms with Crippen molar-refractivity contribution in [3.63, 3.8) is 0 Å². The Balaban J connectivity index is 1.82. The van der Waals surface area contributed by atoms with Crippen LogP contribution in [0.15, 0.2) is 48.7 Å². The zero-order valence-corrected chi connectivity index (χ0v) is 14.3. The van der Waals surface area contributed by atoms with Gasteiger partial charge in [-0.3, -0.25) is 0 Å². The molecule has 0 spiro atoms. The molecule has 2 aromatic carbocycles. The Bertz CT molecular complexity index is 907. The Hall–Kier alpha value is -2.67. The molecule has 0 amide bonds. The van der Waals surface area contributed by atoms with Gasteiger partial charge in [-0.2, -0.15) is 0 Å². The van der Waals surface area contributed by atoms with E-state index in [0.717, 1.165) is 16.3 Å². The molecule has 1 N–H and O–H groups in total. The van der Waals surface area contributed by atoms with Gasteiger partial charge in [0.05, 0.1) is 11.9 Å². The first-order chi connectivity index (χ1) is 12.3. The van der Waals surface area contributed by atoms with Crippen LogP contribution in [0.1, 0.15) is 36.6 Å². The Morgan fingerprint density at radius 1 is 1.08 bits per heavy atom. The van der Waals surface area contributed by atoms with E-state index in [-0.39, 0.29) is 17.3 Å². The van der Waals surface area contributed by atoms with Crippen LogP contribution >= 0.6 is 0 Å². The summed E-state index contributed by atoms with van der Waals surface area (Å²) in [6.07, 6.45) is 2.13. The van der Waals surface area contributed by atoms with E-state index in [0.29, 0.717) is 18.2 Å². The van der Waals surface area contributed by atoms with Gasteiger partial charge in [0, 0.05) is 17.5 Å². The fourth-order valence-corrected chi connectivity index (χ4v) is 2.79. The lowest BCUT2D eigenvalue weighted by Gasteiger charge is -2.24. The van der Waals surface area contributed by atoms with Crippen LogP contribution in [0.4, 0.5) is 13.2 Å². The van der Waals surface area contributed by atoms with E-state index in [1.54, 1.807) is 12.1 Å². The average Bonchev–Trinajstić information content (AvgIpc) is 3.07. The third kappa shape index (κ3) is 3.62. The molecular weight excluding hydrogens is 343 g/mol. The zero-order valence-electron chi connectivity index (χ0n) is 14.3. The van der Waals surface area contributed by atoms with Crippen molar-refractivity contribution in [2.75, 3.05) is 0 Å². The molecule has 0 aliphatic heterocycles. The molecule has 4 nitrogen and oxygen atoms in total. The normalized spacial score (nSPS) is 14.8. The van der Waals surface area contributed by atoms with Crippen molar-refractivity contribution in [2.24, 2.45) is 0 Å². The van der Waals surface area contributed by atoms with Crippen LogP contribution in [0.25, 0.3) is 0 Å². The van der Waals surface area contributed by atoms with Gasteiger partial charge in [0.2, 0.25) is 0 Å². The van der Waals surface area contributed by atoms with Crippen molar-refractivity contribution in [3.05, 3.63) is 82.9 Å². The van der Waals surface area contributed by atoms with Crippen LogP contribution in [0.5, 0.6) is 0 Å². The molecular formula is C19H18F3N3O. The molecule has 0 saturated carbocycles. The first-order valence-electron chi connectivity index (χ1n) is 8.12. The standard InChI is InChI=1S/C19H18F3N3O/c1-12(9-13-3-5-14(20)6-4-13)18-11-25(24-23-18)19(2,26)16-8-7-15(21)10-17(16)22/h3-8,10-12,26H,9H2,1-2H3. The van der Waals surface area contributed by atoms with Gasteiger partial charge in [-0.25, -0.2) is 17.9 Å². The van der Waals surface area contributed by atoms with Crippen LogP contribution in [0.3, 0.4) is 0 Å². The summed E-state index contributed by atoms with van der Waals surface area (Å²) in [5.74, 6) is -1.95. The molecule has 2 atom stereocenters. The SMILES string of the molecule is CC(Cc1ccc(F)cc1)c1cn(C(C)(O)c2ccc(F)cc2F)nn1. The van der Waals surface area contributed by atoms with Gasteiger partial charge < -0.3 is 5.11 Å². The lowest BCUT2D eigenvalue weighted by Crippen LogP contribution is -2.32. The van der Waals surface area contributed by atoms with Gasteiger partial charge in [-0.05, 0) is 43.2 Å². The molecule has 3 aromatic rings. The highest BCUT2D eigenvalue weighted by Gasteiger charge is 2.31. The fraction of sp³-hybridized carbons (Fsp3) is 0.263. The monoisotopic (exact) mass is 361 g/mol. The quantitative estimate of drug-likeness (QED) is 0.753. The van der Waals surface area contributed by atoms with Crippen molar-refractivity contribution in [1.82, 2.24) is 15.0 Å². The van der Waals surface area contributed by atoms with E-state index >= 15 is 0 Å². The molecule has 0 fully saturated rings. The summed E-state index contributed by atoms with van der Waals surface area (Å²) in [7, 11) is 0. The zero-order chi connectivity index (χ0) is 18.9. The molecule has 1 aromatic heterocycles. The highest BCUT2D eigenvalue weighted by Crippen LogP contribution is 2.27. The molecule has 3 rings (SSSR count). The molecule has 0 saturated heterocycles. The van der Waals surface area contributed by atoms with Crippen LogP contribution in [0, 0.1) is 17.5 Å². The Labute approximate surface area is 148 Å². The molecule has 1 heterocycles. The van der Waals surface area contributed by atoms with Crippen molar-refractivity contribution in [2.45, 2.75) is 31.9 Å². The number of aromatic nitrogens is 3. The lowest BCUT2D eigenvalue weighted by atomic mass is 9.98. The Morgan fingerprint density at radius 3 is 2.38 bits per heavy atom. The number of aliphatic hydroxyl groups is 1. The Morgan fingerprint density at radius 2 is 1.73 bits per heavy atom. The summed E-state index contributed by atoms with van der Waals surface area (Å²) in [6.45, 7) is 3.28. The Kier molecular flexibility index (Phi) is 4.82. The van der Waals surface area contributed by atoms with Gasteiger partial charge >= 0.3 is 0 Å². The van der Waals surface area contributed by atoms with Crippen LogP contribution < -0.4 is 0 Å². The first-order valence-corrected chi connectivity index (χ1v) is 8.12. The van der Waals surface area contributed by atoms with Crippen LogP contribution in [-0.2, 0) is 12.1 Å². The van der Waals surface area contributed by atoms with Gasteiger partial charge in [-0.15, -0.1) is 5.10 Å². The minimum atomic E-state index is -1.82. The predicted molar refractivity (Wildman–Crippen MR) is 89.9 cm³/mol. The van der Waals surface area contributed by atoms with Crippen molar-refractivity contribution >= 4 is 0 Å². The maximum absolute atomic E-state index is 14.0. The van der Waals surface area contributed by atoms with Crippen LogP contribution in [-0.4, -0.2) is 20.1 Å². The minimum Gasteiger partial charge on any atom is -0.365 e. The third-order valence-electron chi connectivity index (χ3n) is 4.36. The minimum absolute atomic E-state index is 0.0527. The highest BCUT2D eigenvalue weighted by molar-refractivity contribution is 5.25. The third-order valence-corrected chi connectivity index (χ3v) is 4.36. The van der Waals surface area contributed by atoms with Crippen LogP contribution in [0.2, 0.25) is 0 Å². The van der Waals surface area contributed by atoms with E-state index < -0.39 is 17.4 Å². The van der Waals surface area contributed by atoms with E-state index in [2.05, 4.69) is 10.3 Å². The topological polar surface area (TPSA) is 50.9 Å². The molecule has 136 valence electrons. The van der Waals surface area contributed by atoms with Gasteiger partial charge in [-0.1, -0.05) is 24.3 Å². The molecule has 26 heavy (non-hydrogen) atoms. The second-order valence-electron chi connectivity index (χ2n) is 6.46. The largest absolute Gasteiger partial charge is 0.365 e. The van der Waals surface area contributed by atoms with Gasteiger partial charge in [0.1, 0.15) is 17.5 Å². The van der Waals surface area contributed by atoms with Crippen molar-refractivity contribution in [3.8, 4) is 0 Å². The maximum Gasteiger partial charge on any atom is 0.185 e. The highest BCUT2D eigenvalue weighted by atomic mass is 19.1. The summed E-state index contributed by atoms with van der Waals surface area (Å²) in [6, 6.07) is 9.12. The van der Waals surface area contributed by atoms with Gasteiger partial charge in [0.15, 0.2) is 5.72 Å². The number of hydrogen-bond acceptors (Lipinski definition) is 3. The smallest absolute Gasteiger partial charge is 0.185 e. The molecule has 2 unspecified atom stereocenters. The summed E-state index contributed by atoms with van der Waals surface area (Å²) in [5.41, 5.74) is -0.401. The summed E-state index contributed by atoms with van der Waals surface area (Å²) in [4.78, 5) is 0. The first kappa shape index (κ1) is 18.1. The molecule has 0 bridgehead atoms. The second-order valence-corrected chi connectivity index (χ2v) is 6.46. The van der Waals surface area contributed by atoms with Crippen molar-refractivity contribution in [1.29, 1.82) is 0 Å². The predicted octanol–water partition coefficient (Wildman–Crippen LogP) is 3.75. The van der Waals surface area contributed by atoms with E-state index in [9.17, 15) is 18.3 Å². The molecule has 0 aliphatic rings. The van der Waals surface area contributed by atoms with Gasteiger partial charge in [0.25, 0.3) is 0 Å². The number of halogens is 3. The molecule has 0 radical (unpaired) electrons.